The maximum Gasteiger partial charge on any atom is 0.311 e. The van der Waals surface area contributed by atoms with Gasteiger partial charge in [-0.2, -0.15) is 0 Å². The minimum absolute atomic E-state index is 0.0123. The van der Waals surface area contributed by atoms with Gasteiger partial charge in [0, 0.05) is 37.4 Å². The fraction of sp³-hybridized carbons (Fsp3) is 0.556. The molecule has 1 atom stereocenters. The molecular formula is C18H26N2O3. The highest BCUT2D eigenvalue weighted by Crippen LogP contribution is 2.31. The average molecular weight is 318 g/mol. The number of nitrogens with zero attached hydrogens (tertiary/aromatic N) is 2. The Morgan fingerprint density at radius 1 is 1.30 bits per heavy atom. The van der Waals surface area contributed by atoms with E-state index >= 15 is 0 Å². The van der Waals surface area contributed by atoms with Crippen LogP contribution in [0.2, 0.25) is 0 Å². The largest absolute Gasteiger partial charge is 0.466 e. The number of aryl methyl sites for hydroxylation is 1. The second-order valence-corrected chi connectivity index (χ2v) is 5.80. The summed E-state index contributed by atoms with van der Waals surface area (Å²) in [4.78, 5) is 28.1. The van der Waals surface area contributed by atoms with Gasteiger partial charge >= 0.3 is 5.97 Å². The SMILES string of the molecule is CCOC(=O)C1CC(=O)N(c2ccc(N(CC)CC)cc2C)C1. The van der Waals surface area contributed by atoms with Crippen molar-refractivity contribution >= 4 is 23.3 Å². The predicted octanol–water partition coefficient (Wildman–Crippen LogP) is 2.76. The molecule has 1 aromatic rings. The monoisotopic (exact) mass is 318 g/mol. The lowest BCUT2D eigenvalue weighted by Crippen LogP contribution is -2.27. The molecule has 0 N–H and O–H groups in total. The number of carbonyl (C=O) groups is 2. The van der Waals surface area contributed by atoms with Gasteiger partial charge in [-0.15, -0.1) is 0 Å². The number of rotatable bonds is 6. The van der Waals surface area contributed by atoms with Gasteiger partial charge in [0.15, 0.2) is 0 Å². The van der Waals surface area contributed by atoms with Gasteiger partial charge < -0.3 is 14.5 Å². The van der Waals surface area contributed by atoms with Gasteiger partial charge in [0.25, 0.3) is 0 Å². The molecular weight excluding hydrogens is 292 g/mol. The van der Waals surface area contributed by atoms with Gasteiger partial charge in [-0.1, -0.05) is 0 Å². The number of ether oxygens (including phenoxy) is 1. The molecule has 0 bridgehead atoms. The van der Waals surface area contributed by atoms with Crippen molar-refractivity contribution in [1.29, 1.82) is 0 Å². The maximum absolute atomic E-state index is 12.3. The van der Waals surface area contributed by atoms with E-state index in [-0.39, 0.29) is 24.2 Å². The van der Waals surface area contributed by atoms with E-state index in [1.54, 1.807) is 11.8 Å². The van der Waals surface area contributed by atoms with E-state index in [9.17, 15) is 9.59 Å². The van der Waals surface area contributed by atoms with Gasteiger partial charge in [0.1, 0.15) is 0 Å². The van der Waals surface area contributed by atoms with Gasteiger partial charge in [-0.25, -0.2) is 0 Å². The van der Waals surface area contributed by atoms with Crippen molar-refractivity contribution < 1.29 is 14.3 Å². The summed E-state index contributed by atoms with van der Waals surface area (Å²) in [5.74, 6) is -0.646. The minimum Gasteiger partial charge on any atom is -0.466 e. The van der Waals surface area contributed by atoms with Crippen molar-refractivity contribution in [2.45, 2.75) is 34.1 Å². The summed E-state index contributed by atoms with van der Waals surface area (Å²) in [6, 6.07) is 6.13. The third-order valence-corrected chi connectivity index (χ3v) is 4.34. The molecule has 5 heteroatoms. The highest BCUT2D eigenvalue weighted by Gasteiger charge is 2.36. The Hall–Kier alpha value is -2.04. The van der Waals surface area contributed by atoms with Crippen LogP contribution in [-0.2, 0) is 14.3 Å². The van der Waals surface area contributed by atoms with Crippen LogP contribution in [0.4, 0.5) is 11.4 Å². The quantitative estimate of drug-likeness (QED) is 0.757. The van der Waals surface area contributed by atoms with Gasteiger partial charge in [0.2, 0.25) is 5.91 Å². The van der Waals surface area contributed by atoms with Crippen molar-refractivity contribution in [2.75, 3.05) is 36.0 Å². The topological polar surface area (TPSA) is 49.9 Å². The molecule has 1 amide bonds. The molecule has 0 saturated carbocycles. The molecule has 1 unspecified atom stereocenters. The first-order valence-electron chi connectivity index (χ1n) is 8.34. The normalized spacial score (nSPS) is 17.5. The van der Waals surface area contributed by atoms with E-state index in [0.717, 1.165) is 30.0 Å². The summed E-state index contributed by atoms with van der Waals surface area (Å²) < 4.78 is 5.04. The minimum atomic E-state index is -0.357. The highest BCUT2D eigenvalue weighted by molar-refractivity contribution is 6.00. The molecule has 1 aliphatic heterocycles. The van der Waals surface area contributed by atoms with Crippen LogP contribution < -0.4 is 9.80 Å². The van der Waals surface area contributed by atoms with Crippen LogP contribution in [0.15, 0.2) is 18.2 Å². The molecule has 1 saturated heterocycles. The van der Waals surface area contributed by atoms with Crippen LogP contribution in [0.5, 0.6) is 0 Å². The fourth-order valence-electron chi connectivity index (χ4n) is 3.09. The lowest BCUT2D eigenvalue weighted by atomic mass is 10.1. The van der Waals surface area contributed by atoms with Crippen LogP contribution >= 0.6 is 0 Å². The number of carbonyl (C=O) groups excluding carboxylic acids is 2. The first kappa shape index (κ1) is 17.3. The lowest BCUT2D eigenvalue weighted by Gasteiger charge is -2.24. The molecule has 2 rings (SSSR count). The average Bonchev–Trinajstić information content (AvgIpc) is 2.91. The summed E-state index contributed by atoms with van der Waals surface area (Å²) in [5, 5.41) is 0. The molecule has 1 fully saturated rings. The summed E-state index contributed by atoms with van der Waals surface area (Å²) >= 11 is 0. The van der Waals surface area contributed by atoms with Gasteiger partial charge in [-0.3, -0.25) is 9.59 Å². The molecule has 5 nitrogen and oxygen atoms in total. The van der Waals surface area contributed by atoms with Crippen molar-refractivity contribution in [3.63, 3.8) is 0 Å². The Labute approximate surface area is 138 Å². The number of anilines is 2. The van der Waals surface area contributed by atoms with E-state index in [2.05, 4.69) is 24.8 Å². The lowest BCUT2D eigenvalue weighted by molar-refractivity contribution is -0.147. The summed E-state index contributed by atoms with van der Waals surface area (Å²) in [7, 11) is 0. The predicted molar refractivity (Wildman–Crippen MR) is 91.8 cm³/mol. The highest BCUT2D eigenvalue weighted by atomic mass is 16.5. The third-order valence-electron chi connectivity index (χ3n) is 4.34. The molecule has 126 valence electrons. The maximum atomic E-state index is 12.3. The molecule has 1 aliphatic rings. The van der Waals surface area contributed by atoms with Crippen LogP contribution in [0.25, 0.3) is 0 Å². The zero-order valence-electron chi connectivity index (χ0n) is 14.5. The Bertz CT molecular complexity index is 582. The zero-order chi connectivity index (χ0) is 17.0. The van der Waals surface area contributed by atoms with Crippen molar-refractivity contribution in [3.05, 3.63) is 23.8 Å². The third kappa shape index (κ3) is 3.66. The molecule has 0 radical (unpaired) electrons. The molecule has 1 aromatic carbocycles. The van der Waals surface area contributed by atoms with Crippen LogP contribution in [0, 0.1) is 12.8 Å². The number of benzene rings is 1. The Morgan fingerprint density at radius 3 is 2.57 bits per heavy atom. The fourth-order valence-corrected chi connectivity index (χ4v) is 3.09. The number of esters is 1. The second kappa shape index (κ2) is 7.49. The van der Waals surface area contributed by atoms with Gasteiger partial charge in [0.05, 0.1) is 12.5 Å². The van der Waals surface area contributed by atoms with Crippen molar-refractivity contribution in [2.24, 2.45) is 5.92 Å². The molecule has 23 heavy (non-hydrogen) atoms. The van der Waals surface area contributed by atoms with E-state index in [0.29, 0.717) is 13.2 Å². The standard InChI is InChI=1S/C18H26N2O3/c1-5-19(6-2)15-8-9-16(13(4)10-15)20-12-14(11-17(20)21)18(22)23-7-3/h8-10,14H,5-7,11-12H2,1-4H3. The van der Waals surface area contributed by atoms with E-state index in [1.807, 2.05) is 19.1 Å². The van der Waals surface area contributed by atoms with E-state index in [1.165, 1.54) is 0 Å². The Balaban J connectivity index is 2.19. The Morgan fingerprint density at radius 2 is 2.00 bits per heavy atom. The number of hydrogen-bond donors (Lipinski definition) is 0. The van der Waals surface area contributed by atoms with Crippen molar-refractivity contribution in [1.82, 2.24) is 0 Å². The van der Waals surface area contributed by atoms with Crippen LogP contribution in [0.1, 0.15) is 32.8 Å². The summed E-state index contributed by atoms with van der Waals surface area (Å²) in [6.07, 6.45) is 0.232. The van der Waals surface area contributed by atoms with E-state index in [4.69, 9.17) is 4.74 Å². The number of amides is 1. The first-order chi connectivity index (χ1) is 11.0. The Kier molecular flexibility index (Phi) is 5.64. The second-order valence-electron chi connectivity index (χ2n) is 5.80. The van der Waals surface area contributed by atoms with Crippen LogP contribution in [0.3, 0.4) is 0 Å². The van der Waals surface area contributed by atoms with Gasteiger partial charge in [-0.05, 0) is 51.5 Å². The smallest absolute Gasteiger partial charge is 0.311 e. The summed E-state index contributed by atoms with van der Waals surface area (Å²) in [5.41, 5.74) is 3.09. The molecule has 1 heterocycles. The van der Waals surface area contributed by atoms with Crippen LogP contribution in [-0.4, -0.2) is 38.1 Å². The molecule has 0 aromatic heterocycles. The zero-order valence-corrected chi connectivity index (χ0v) is 14.5. The van der Waals surface area contributed by atoms with E-state index < -0.39 is 0 Å². The molecule has 0 aliphatic carbocycles. The summed E-state index contributed by atoms with van der Waals surface area (Å²) in [6.45, 7) is 10.7. The first-order valence-corrected chi connectivity index (χ1v) is 8.34. The number of hydrogen-bond acceptors (Lipinski definition) is 4. The van der Waals surface area contributed by atoms with Crippen molar-refractivity contribution in [3.8, 4) is 0 Å². The molecule has 0 spiro atoms.